The molecule has 1 aromatic rings. The molecule has 1 fully saturated rings. The molecule has 3 nitrogen and oxygen atoms in total. The molecule has 0 bridgehead atoms. The van der Waals surface area contributed by atoms with Gasteiger partial charge in [0.1, 0.15) is 11.9 Å². The molecule has 0 aromatic heterocycles. The van der Waals surface area contributed by atoms with Gasteiger partial charge in [0.05, 0.1) is 6.61 Å². The standard InChI is InChI=1S/C15H21NO2/c1-16-15(12-6-4-8-17-10-12)14-9-11-5-2-3-7-13(11)18-14/h2-3,5,7,12,14-16H,4,6,8-10H2,1H3. The van der Waals surface area contributed by atoms with Crippen LogP contribution in [0.5, 0.6) is 5.75 Å². The molecule has 0 aliphatic carbocycles. The Balaban J connectivity index is 1.71. The Labute approximate surface area is 108 Å². The largest absolute Gasteiger partial charge is 0.488 e. The molecule has 3 rings (SSSR count). The third kappa shape index (κ3) is 2.25. The quantitative estimate of drug-likeness (QED) is 0.886. The molecule has 2 aliphatic rings. The second-order valence-corrected chi connectivity index (χ2v) is 5.26. The molecule has 1 saturated heterocycles. The summed E-state index contributed by atoms with van der Waals surface area (Å²) >= 11 is 0. The lowest BCUT2D eigenvalue weighted by Gasteiger charge is -2.33. The molecule has 18 heavy (non-hydrogen) atoms. The number of para-hydroxylation sites is 1. The third-order valence-electron chi connectivity index (χ3n) is 4.11. The van der Waals surface area contributed by atoms with Crippen molar-refractivity contribution in [1.82, 2.24) is 5.32 Å². The normalized spacial score (nSPS) is 28.5. The molecule has 3 heteroatoms. The highest BCUT2D eigenvalue weighted by Gasteiger charge is 2.35. The van der Waals surface area contributed by atoms with Crippen LogP contribution in [0, 0.1) is 5.92 Å². The van der Waals surface area contributed by atoms with Crippen LogP contribution in [0.3, 0.4) is 0 Å². The maximum absolute atomic E-state index is 6.10. The zero-order valence-electron chi connectivity index (χ0n) is 10.9. The van der Waals surface area contributed by atoms with Gasteiger partial charge in [0, 0.05) is 25.0 Å². The Morgan fingerprint density at radius 2 is 2.22 bits per heavy atom. The summed E-state index contributed by atoms with van der Waals surface area (Å²) in [5.74, 6) is 1.63. The molecule has 2 aliphatic heterocycles. The van der Waals surface area contributed by atoms with E-state index in [1.807, 2.05) is 13.1 Å². The van der Waals surface area contributed by atoms with Crippen molar-refractivity contribution in [3.63, 3.8) is 0 Å². The Kier molecular flexibility index (Phi) is 3.52. The van der Waals surface area contributed by atoms with E-state index in [1.54, 1.807) is 0 Å². The Morgan fingerprint density at radius 3 is 2.94 bits per heavy atom. The van der Waals surface area contributed by atoms with Gasteiger partial charge in [0.15, 0.2) is 0 Å². The lowest BCUT2D eigenvalue weighted by atomic mass is 9.88. The summed E-state index contributed by atoms with van der Waals surface area (Å²) in [6.07, 6.45) is 3.67. The molecular weight excluding hydrogens is 226 g/mol. The summed E-state index contributed by atoms with van der Waals surface area (Å²) in [6.45, 7) is 1.78. The van der Waals surface area contributed by atoms with Gasteiger partial charge in [0.2, 0.25) is 0 Å². The number of nitrogens with one attached hydrogen (secondary N) is 1. The summed E-state index contributed by atoms with van der Waals surface area (Å²) in [6, 6.07) is 8.75. The van der Waals surface area contributed by atoms with Crippen LogP contribution >= 0.6 is 0 Å². The molecule has 3 atom stereocenters. The molecule has 3 unspecified atom stereocenters. The van der Waals surface area contributed by atoms with Gasteiger partial charge >= 0.3 is 0 Å². The predicted molar refractivity (Wildman–Crippen MR) is 71.0 cm³/mol. The molecule has 2 heterocycles. The van der Waals surface area contributed by atoms with E-state index in [0.29, 0.717) is 12.0 Å². The summed E-state index contributed by atoms with van der Waals surface area (Å²) in [5, 5.41) is 3.44. The van der Waals surface area contributed by atoms with Gasteiger partial charge in [-0.3, -0.25) is 0 Å². The first-order valence-electron chi connectivity index (χ1n) is 6.88. The Morgan fingerprint density at radius 1 is 1.33 bits per heavy atom. The minimum absolute atomic E-state index is 0.249. The molecule has 0 radical (unpaired) electrons. The number of fused-ring (bicyclic) bond motifs is 1. The van der Waals surface area contributed by atoms with Crippen molar-refractivity contribution < 1.29 is 9.47 Å². The van der Waals surface area contributed by atoms with E-state index in [2.05, 4.69) is 23.5 Å². The minimum Gasteiger partial charge on any atom is -0.488 e. The smallest absolute Gasteiger partial charge is 0.123 e. The van der Waals surface area contributed by atoms with Gasteiger partial charge in [-0.1, -0.05) is 18.2 Å². The Hall–Kier alpha value is -1.06. The molecule has 0 spiro atoms. The van der Waals surface area contributed by atoms with Gasteiger partial charge in [0.25, 0.3) is 0 Å². The van der Waals surface area contributed by atoms with Gasteiger partial charge < -0.3 is 14.8 Å². The summed E-state index contributed by atoms with van der Waals surface area (Å²) < 4.78 is 11.7. The third-order valence-corrected chi connectivity index (χ3v) is 4.11. The molecule has 1 aromatic carbocycles. The number of hydrogen-bond acceptors (Lipinski definition) is 3. The monoisotopic (exact) mass is 247 g/mol. The first-order valence-corrected chi connectivity index (χ1v) is 6.88. The van der Waals surface area contributed by atoms with E-state index in [-0.39, 0.29) is 6.10 Å². The average molecular weight is 247 g/mol. The summed E-state index contributed by atoms with van der Waals surface area (Å²) in [5.41, 5.74) is 1.33. The van der Waals surface area contributed by atoms with Crippen LogP contribution in [0.4, 0.5) is 0 Å². The summed E-state index contributed by atoms with van der Waals surface area (Å²) in [7, 11) is 2.03. The average Bonchev–Trinajstić information content (AvgIpc) is 2.84. The van der Waals surface area contributed by atoms with E-state index in [4.69, 9.17) is 9.47 Å². The minimum atomic E-state index is 0.249. The van der Waals surface area contributed by atoms with Crippen molar-refractivity contribution in [3.8, 4) is 5.75 Å². The lowest BCUT2D eigenvalue weighted by Crippen LogP contribution is -2.48. The van der Waals surface area contributed by atoms with E-state index in [9.17, 15) is 0 Å². The van der Waals surface area contributed by atoms with Crippen LogP contribution in [0.15, 0.2) is 24.3 Å². The number of ether oxygens (including phenoxy) is 2. The van der Waals surface area contributed by atoms with Crippen molar-refractivity contribution in [2.45, 2.75) is 31.4 Å². The maximum atomic E-state index is 6.10. The van der Waals surface area contributed by atoms with Crippen LogP contribution in [-0.4, -0.2) is 32.4 Å². The summed E-state index contributed by atoms with van der Waals surface area (Å²) in [4.78, 5) is 0. The number of hydrogen-bond donors (Lipinski definition) is 1. The molecule has 0 saturated carbocycles. The van der Waals surface area contributed by atoms with Gasteiger partial charge in [-0.15, -0.1) is 0 Å². The van der Waals surface area contributed by atoms with Crippen molar-refractivity contribution in [2.75, 3.05) is 20.3 Å². The van der Waals surface area contributed by atoms with Gasteiger partial charge in [-0.05, 0) is 31.5 Å². The van der Waals surface area contributed by atoms with Crippen LogP contribution in [0.1, 0.15) is 18.4 Å². The second-order valence-electron chi connectivity index (χ2n) is 5.26. The van der Waals surface area contributed by atoms with Crippen molar-refractivity contribution in [2.24, 2.45) is 5.92 Å². The van der Waals surface area contributed by atoms with Crippen molar-refractivity contribution in [3.05, 3.63) is 29.8 Å². The van der Waals surface area contributed by atoms with E-state index < -0.39 is 0 Å². The maximum Gasteiger partial charge on any atom is 0.123 e. The van der Waals surface area contributed by atoms with Gasteiger partial charge in [-0.25, -0.2) is 0 Å². The SMILES string of the molecule is CNC(C1CCCOC1)C1Cc2ccccc2O1. The van der Waals surface area contributed by atoms with Crippen LogP contribution < -0.4 is 10.1 Å². The topological polar surface area (TPSA) is 30.5 Å². The highest BCUT2D eigenvalue weighted by molar-refractivity contribution is 5.37. The predicted octanol–water partition coefficient (Wildman–Crippen LogP) is 2.00. The van der Waals surface area contributed by atoms with Crippen LogP contribution in [-0.2, 0) is 11.2 Å². The lowest BCUT2D eigenvalue weighted by molar-refractivity contribution is 0.0183. The number of rotatable bonds is 3. The fourth-order valence-corrected chi connectivity index (χ4v) is 3.18. The van der Waals surface area contributed by atoms with Crippen LogP contribution in [0.25, 0.3) is 0 Å². The first kappa shape index (κ1) is 12.0. The van der Waals surface area contributed by atoms with E-state index in [1.165, 1.54) is 18.4 Å². The van der Waals surface area contributed by atoms with Crippen molar-refractivity contribution >= 4 is 0 Å². The Bertz CT molecular complexity index is 376. The number of likely N-dealkylation sites (N-methyl/N-ethyl adjacent to an activating group) is 1. The second kappa shape index (κ2) is 5.29. The van der Waals surface area contributed by atoms with Gasteiger partial charge in [-0.2, -0.15) is 0 Å². The molecule has 0 amide bonds. The highest BCUT2D eigenvalue weighted by atomic mass is 16.5. The fourth-order valence-electron chi connectivity index (χ4n) is 3.18. The molecule has 1 N–H and O–H groups in total. The molecule has 98 valence electrons. The fraction of sp³-hybridized carbons (Fsp3) is 0.600. The van der Waals surface area contributed by atoms with E-state index >= 15 is 0 Å². The zero-order valence-corrected chi connectivity index (χ0v) is 10.9. The zero-order chi connectivity index (χ0) is 12.4. The molecular formula is C15H21NO2. The van der Waals surface area contributed by atoms with Crippen LogP contribution in [0.2, 0.25) is 0 Å². The van der Waals surface area contributed by atoms with Crippen molar-refractivity contribution in [1.29, 1.82) is 0 Å². The first-order chi connectivity index (χ1) is 8.88. The number of benzene rings is 1. The van der Waals surface area contributed by atoms with E-state index in [0.717, 1.165) is 25.4 Å². The highest BCUT2D eigenvalue weighted by Crippen LogP contribution is 2.32.